The molecule has 0 unspecified atom stereocenters. The van der Waals surface area contributed by atoms with Crippen molar-refractivity contribution in [3.05, 3.63) is 0 Å². The quantitative estimate of drug-likeness (QED) is 0.388. The van der Waals surface area contributed by atoms with Crippen molar-refractivity contribution in [1.82, 2.24) is 0 Å². The lowest BCUT2D eigenvalue weighted by atomic mass is 9.76. The van der Waals surface area contributed by atoms with Crippen molar-refractivity contribution in [3.63, 3.8) is 0 Å². The molecule has 1 saturated heterocycles. The molecule has 0 saturated carbocycles. The predicted octanol–water partition coefficient (Wildman–Crippen LogP) is 1.57. The average molecular weight is 80.9 g/mol. The van der Waals surface area contributed by atoms with Gasteiger partial charge in [0.25, 0.3) is 0 Å². The number of hydrogen-bond acceptors (Lipinski definition) is 0. The van der Waals surface area contributed by atoms with E-state index in [2.05, 4.69) is 14.2 Å². The molecule has 1 rings (SSSR count). The summed E-state index contributed by atoms with van der Waals surface area (Å²) in [5.74, 6) is 0.991. The summed E-state index contributed by atoms with van der Waals surface area (Å²) >= 11 is 0. The molecule has 1 atom stereocenters. The van der Waals surface area contributed by atoms with Gasteiger partial charge in [-0.15, -0.1) is 0 Å². The second-order valence-corrected chi connectivity index (χ2v) is 2.21. The molecule has 1 fully saturated rings. The van der Waals surface area contributed by atoms with Gasteiger partial charge in [-0.05, 0) is 0 Å². The SMILES string of the molecule is C[C@@H]1C[B]CC1. The summed E-state index contributed by atoms with van der Waals surface area (Å²) in [5, 5.41) is 0. The van der Waals surface area contributed by atoms with Gasteiger partial charge in [0.1, 0.15) is 7.28 Å². The van der Waals surface area contributed by atoms with Gasteiger partial charge < -0.3 is 0 Å². The Morgan fingerprint density at radius 1 is 1.67 bits per heavy atom. The largest absolute Gasteiger partial charge is 0.109 e. The average Bonchev–Trinajstić information content (AvgIpc) is 1.86. The molecule has 1 heterocycles. The van der Waals surface area contributed by atoms with Crippen LogP contribution in [-0.2, 0) is 0 Å². The molecule has 0 aromatic rings. The van der Waals surface area contributed by atoms with Crippen LogP contribution in [0, 0.1) is 5.92 Å². The third-order valence-corrected chi connectivity index (χ3v) is 1.43. The van der Waals surface area contributed by atoms with Crippen LogP contribution in [0.2, 0.25) is 12.6 Å². The first-order valence-electron chi connectivity index (χ1n) is 2.71. The van der Waals surface area contributed by atoms with Gasteiger partial charge in [0.2, 0.25) is 0 Å². The Balaban J connectivity index is 2.18. The van der Waals surface area contributed by atoms with E-state index < -0.39 is 0 Å². The first kappa shape index (κ1) is 4.23. The van der Waals surface area contributed by atoms with Crippen molar-refractivity contribution in [2.45, 2.75) is 26.0 Å². The van der Waals surface area contributed by atoms with Gasteiger partial charge in [-0.1, -0.05) is 31.9 Å². The molecule has 1 aliphatic heterocycles. The Morgan fingerprint density at radius 2 is 2.50 bits per heavy atom. The van der Waals surface area contributed by atoms with Crippen LogP contribution in [0.15, 0.2) is 0 Å². The highest BCUT2D eigenvalue weighted by Gasteiger charge is 2.08. The van der Waals surface area contributed by atoms with Gasteiger partial charge in [0, 0.05) is 0 Å². The van der Waals surface area contributed by atoms with Gasteiger partial charge in [-0.2, -0.15) is 0 Å². The topological polar surface area (TPSA) is 0 Å². The summed E-state index contributed by atoms with van der Waals surface area (Å²) in [5.41, 5.74) is 0. The maximum Gasteiger partial charge on any atom is 0.109 e. The molecule has 0 aromatic heterocycles. The van der Waals surface area contributed by atoms with Crippen molar-refractivity contribution in [1.29, 1.82) is 0 Å². The van der Waals surface area contributed by atoms with Crippen LogP contribution in [0.1, 0.15) is 13.3 Å². The standard InChI is InChI=1S/C5H10B/c1-5-2-3-6-4-5/h5H,2-4H2,1H3/t5-/m0/s1. The molecule has 0 bridgehead atoms. The zero-order valence-corrected chi connectivity index (χ0v) is 4.28. The van der Waals surface area contributed by atoms with Crippen LogP contribution in [0.25, 0.3) is 0 Å². The monoisotopic (exact) mass is 81.1 g/mol. The van der Waals surface area contributed by atoms with Crippen molar-refractivity contribution < 1.29 is 0 Å². The second-order valence-electron chi connectivity index (χ2n) is 2.21. The highest BCUT2D eigenvalue weighted by molar-refractivity contribution is 6.36. The summed E-state index contributed by atoms with van der Waals surface area (Å²) in [6.07, 6.45) is 4.15. The minimum Gasteiger partial charge on any atom is -0.0801 e. The fourth-order valence-corrected chi connectivity index (χ4v) is 0.923. The smallest absolute Gasteiger partial charge is 0.0801 e. The summed E-state index contributed by atoms with van der Waals surface area (Å²) in [6, 6.07) is 0. The highest BCUT2D eigenvalue weighted by atomic mass is 14.0. The normalized spacial score (nSPS) is 33.2. The molecule has 1 radical (unpaired) electrons. The molecular formula is C5H10B. The lowest BCUT2D eigenvalue weighted by Crippen LogP contribution is -1.80. The number of rotatable bonds is 0. The first-order chi connectivity index (χ1) is 2.89. The zero-order valence-electron chi connectivity index (χ0n) is 4.28. The zero-order chi connectivity index (χ0) is 4.41. The molecule has 0 aromatic carbocycles. The maximum absolute atomic E-state index is 2.38. The number of hydrogen-bond donors (Lipinski definition) is 0. The van der Waals surface area contributed by atoms with E-state index >= 15 is 0 Å². The van der Waals surface area contributed by atoms with Gasteiger partial charge >= 0.3 is 0 Å². The molecule has 33 valence electrons. The molecule has 0 amide bonds. The van der Waals surface area contributed by atoms with Crippen molar-refractivity contribution in [2.24, 2.45) is 5.92 Å². The van der Waals surface area contributed by atoms with E-state index in [0.29, 0.717) is 0 Å². The fourth-order valence-electron chi connectivity index (χ4n) is 0.923. The van der Waals surface area contributed by atoms with E-state index in [4.69, 9.17) is 0 Å². The summed E-state index contributed by atoms with van der Waals surface area (Å²) in [7, 11) is 2.38. The Morgan fingerprint density at radius 3 is 2.67 bits per heavy atom. The molecule has 0 nitrogen and oxygen atoms in total. The van der Waals surface area contributed by atoms with Crippen LogP contribution >= 0.6 is 0 Å². The van der Waals surface area contributed by atoms with Crippen molar-refractivity contribution in [2.75, 3.05) is 0 Å². The van der Waals surface area contributed by atoms with Crippen molar-refractivity contribution >= 4 is 7.28 Å². The van der Waals surface area contributed by atoms with E-state index in [0.717, 1.165) is 5.92 Å². The maximum atomic E-state index is 2.38. The van der Waals surface area contributed by atoms with Gasteiger partial charge in [0.15, 0.2) is 0 Å². The molecule has 6 heavy (non-hydrogen) atoms. The summed E-state index contributed by atoms with van der Waals surface area (Å²) in [6.45, 7) is 2.31. The van der Waals surface area contributed by atoms with Crippen LogP contribution < -0.4 is 0 Å². The van der Waals surface area contributed by atoms with Crippen LogP contribution in [-0.4, -0.2) is 7.28 Å². The van der Waals surface area contributed by atoms with E-state index in [-0.39, 0.29) is 0 Å². The molecule has 0 N–H and O–H groups in total. The minimum atomic E-state index is 0.991. The molecule has 1 heteroatoms. The molecule has 0 spiro atoms. The summed E-state index contributed by atoms with van der Waals surface area (Å²) in [4.78, 5) is 0. The van der Waals surface area contributed by atoms with Gasteiger partial charge in [-0.25, -0.2) is 0 Å². The predicted molar refractivity (Wildman–Crippen MR) is 29.1 cm³/mol. The van der Waals surface area contributed by atoms with E-state index in [1.807, 2.05) is 0 Å². The van der Waals surface area contributed by atoms with Crippen LogP contribution in [0.3, 0.4) is 0 Å². The second kappa shape index (κ2) is 1.68. The minimum absolute atomic E-state index is 0.991. The summed E-state index contributed by atoms with van der Waals surface area (Å²) < 4.78 is 0. The third kappa shape index (κ3) is 0.765. The first-order valence-corrected chi connectivity index (χ1v) is 2.71. The van der Waals surface area contributed by atoms with E-state index in [1.54, 1.807) is 0 Å². The van der Waals surface area contributed by atoms with Gasteiger partial charge in [0.05, 0.1) is 0 Å². The Bertz CT molecular complexity index is 37.2. The van der Waals surface area contributed by atoms with E-state index in [1.165, 1.54) is 19.1 Å². The van der Waals surface area contributed by atoms with E-state index in [9.17, 15) is 0 Å². The highest BCUT2D eigenvalue weighted by Crippen LogP contribution is 2.18. The lowest BCUT2D eigenvalue weighted by molar-refractivity contribution is 0.658. The Labute approximate surface area is 40.2 Å². The van der Waals surface area contributed by atoms with Crippen molar-refractivity contribution in [3.8, 4) is 0 Å². The lowest BCUT2D eigenvalue weighted by Gasteiger charge is -1.92. The van der Waals surface area contributed by atoms with Crippen LogP contribution in [0.5, 0.6) is 0 Å². The van der Waals surface area contributed by atoms with Crippen LogP contribution in [0.4, 0.5) is 0 Å². The molecule has 0 aliphatic carbocycles. The molecular weight excluding hydrogens is 70.9 g/mol. The molecule has 1 aliphatic rings. The Kier molecular flexibility index (Phi) is 1.18. The Hall–Kier alpha value is 0.0649. The van der Waals surface area contributed by atoms with Gasteiger partial charge in [-0.3, -0.25) is 0 Å². The fraction of sp³-hybridized carbons (Fsp3) is 1.00. The third-order valence-electron chi connectivity index (χ3n) is 1.43.